The van der Waals surface area contributed by atoms with E-state index in [1.54, 1.807) is 0 Å². The summed E-state index contributed by atoms with van der Waals surface area (Å²) in [5.74, 6) is -2.49. The van der Waals surface area contributed by atoms with Crippen LogP contribution in [-0.4, -0.2) is 16.9 Å². The summed E-state index contributed by atoms with van der Waals surface area (Å²) in [4.78, 5) is 22.1. The van der Waals surface area contributed by atoms with Gasteiger partial charge in [0, 0.05) is 12.1 Å². The third-order valence-electron chi connectivity index (χ3n) is 2.92. The highest BCUT2D eigenvalue weighted by molar-refractivity contribution is 5.94. The number of rotatable bonds is 5. The molecular weight excluding hydrogens is 310 g/mol. The van der Waals surface area contributed by atoms with Crippen molar-refractivity contribution < 1.29 is 23.2 Å². The lowest BCUT2D eigenvalue weighted by molar-refractivity contribution is -0.386. The van der Waals surface area contributed by atoms with E-state index in [1.165, 1.54) is 31.2 Å². The number of amides is 1. The summed E-state index contributed by atoms with van der Waals surface area (Å²) in [7, 11) is 0. The Kier molecular flexibility index (Phi) is 4.85. The molecule has 0 fully saturated rings. The first-order valence-electron chi connectivity index (χ1n) is 6.54. The van der Waals surface area contributed by atoms with Crippen LogP contribution in [-0.2, 0) is 4.79 Å². The molecule has 0 aliphatic rings. The molecule has 2 aromatic carbocycles. The van der Waals surface area contributed by atoms with Gasteiger partial charge in [0.1, 0.15) is 11.6 Å². The number of nitrogens with zero attached hydrogens (tertiary/aromatic N) is 1. The molecule has 6 nitrogen and oxygen atoms in total. The van der Waals surface area contributed by atoms with Gasteiger partial charge in [0.25, 0.3) is 5.91 Å². The highest BCUT2D eigenvalue weighted by atomic mass is 19.1. The van der Waals surface area contributed by atoms with Gasteiger partial charge in [-0.3, -0.25) is 14.9 Å². The van der Waals surface area contributed by atoms with Gasteiger partial charge in [-0.15, -0.1) is 0 Å². The minimum absolute atomic E-state index is 0.0540. The summed E-state index contributed by atoms with van der Waals surface area (Å²) < 4.78 is 31.8. The quantitative estimate of drug-likeness (QED) is 0.676. The van der Waals surface area contributed by atoms with Gasteiger partial charge in [-0.1, -0.05) is 12.1 Å². The Bertz CT molecular complexity index is 752. The molecule has 0 heterocycles. The number of anilines is 1. The van der Waals surface area contributed by atoms with E-state index >= 15 is 0 Å². The number of nitro benzene ring substituents is 1. The first-order chi connectivity index (χ1) is 10.9. The lowest BCUT2D eigenvalue weighted by Gasteiger charge is -2.15. The van der Waals surface area contributed by atoms with Crippen LogP contribution in [0.5, 0.6) is 5.75 Å². The average molecular weight is 322 g/mol. The van der Waals surface area contributed by atoms with Crippen molar-refractivity contribution in [1.29, 1.82) is 0 Å². The SMILES string of the molecule is C[C@H](Oc1cc(F)ccc1[N+](=O)[O-])C(=O)Nc1ccccc1F. The summed E-state index contributed by atoms with van der Waals surface area (Å²) >= 11 is 0. The van der Waals surface area contributed by atoms with E-state index in [1.807, 2.05) is 0 Å². The van der Waals surface area contributed by atoms with Crippen molar-refractivity contribution in [3.8, 4) is 5.75 Å². The zero-order valence-electron chi connectivity index (χ0n) is 12.0. The highest BCUT2D eigenvalue weighted by Gasteiger charge is 2.22. The van der Waals surface area contributed by atoms with E-state index < -0.39 is 34.3 Å². The number of hydrogen-bond acceptors (Lipinski definition) is 4. The van der Waals surface area contributed by atoms with Crippen LogP contribution in [0, 0.1) is 21.7 Å². The largest absolute Gasteiger partial charge is 0.474 e. The van der Waals surface area contributed by atoms with Crippen molar-refractivity contribution in [2.24, 2.45) is 0 Å². The summed E-state index contributed by atoms with van der Waals surface area (Å²) in [6.07, 6.45) is -1.20. The second-order valence-electron chi connectivity index (χ2n) is 4.60. The predicted octanol–water partition coefficient (Wildman–Crippen LogP) is 3.28. The molecular formula is C15H12F2N2O4. The van der Waals surface area contributed by atoms with E-state index in [-0.39, 0.29) is 11.4 Å². The number of halogens is 2. The monoisotopic (exact) mass is 322 g/mol. The Morgan fingerprint density at radius 1 is 1.26 bits per heavy atom. The summed E-state index contributed by atoms with van der Waals surface area (Å²) in [5.41, 5.74) is -0.529. The van der Waals surface area contributed by atoms with E-state index in [0.717, 1.165) is 18.2 Å². The van der Waals surface area contributed by atoms with Crippen molar-refractivity contribution in [3.05, 3.63) is 64.2 Å². The number of benzene rings is 2. The van der Waals surface area contributed by atoms with Gasteiger partial charge in [0.2, 0.25) is 5.75 Å². The van der Waals surface area contributed by atoms with Crippen molar-refractivity contribution in [1.82, 2.24) is 0 Å². The van der Waals surface area contributed by atoms with Gasteiger partial charge in [0.15, 0.2) is 6.10 Å². The van der Waals surface area contributed by atoms with Crippen LogP contribution in [0.25, 0.3) is 0 Å². The Morgan fingerprint density at radius 3 is 2.61 bits per heavy atom. The zero-order valence-corrected chi connectivity index (χ0v) is 12.0. The second kappa shape index (κ2) is 6.82. The Labute approximate surface area is 129 Å². The van der Waals surface area contributed by atoms with Gasteiger partial charge < -0.3 is 10.1 Å². The molecule has 0 aliphatic heterocycles. The van der Waals surface area contributed by atoms with Gasteiger partial charge >= 0.3 is 5.69 Å². The topological polar surface area (TPSA) is 81.5 Å². The molecule has 0 aromatic heterocycles. The summed E-state index contributed by atoms with van der Waals surface area (Å²) in [6.45, 7) is 1.31. The predicted molar refractivity (Wildman–Crippen MR) is 78.2 cm³/mol. The second-order valence-corrected chi connectivity index (χ2v) is 4.60. The Balaban J connectivity index is 2.14. The van der Waals surface area contributed by atoms with Crippen molar-refractivity contribution in [2.75, 3.05) is 5.32 Å². The number of nitrogens with one attached hydrogen (secondary N) is 1. The molecule has 1 atom stereocenters. The fourth-order valence-corrected chi connectivity index (χ4v) is 1.77. The van der Waals surface area contributed by atoms with Gasteiger partial charge in [-0.2, -0.15) is 0 Å². The maximum absolute atomic E-state index is 13.5. The first-order valence-corrected chi connectivity index (χ1v) is 6.54. The van der Waals surface area contributed by atoms with Crippen LogP contribution < -0.4 is 10.1 Å². The molecule has 1 N–H and O–H groups in total. The molecule has 1 amide bonds. The minimum atomic E-state index is -1.20. The van der Waals surface area contributed by atoms with Crippen LogP contribution >= 0.6 is 0 Å². The lowest BCUT2D eigenvalue weighted by atomic mass is 10.2. The molecule has 0 radical (unpaired) electrons. The fourth-order valence-electron chi connectivity index (χ4n) is 1.77. The fraction of sp³-hybridized carbons (Fsp3) is 0.133. The molecule has 2 aromatic rings. The van der Waals surface area contributed by atoms with Crippen molar-refractivity contribution in [3.63, 3.8) is 0 Å². The Hall–Kier alpha value is -3.03. The molecule has 0 bridgehead atoms. The van der Waals surface area contributed by atoms with Crippen LogP contribution in [0.4, 0.5) is 20.2 Å². The van der Waals surface area contributed by atoms with E-state index in [4.69, 9.17) is 4.74 Å². The van der Waals surface area contributed by atoms with Gasteiger partial charge in [-0.05, 0) is 25.1 Å². The first kappa shape index (κ1) is 16.3. The smallest absolute Gasteiger partial charge is 0.311 e. The highest BCUT2D eigenvalue weighted by Crippen LogP contribution is 2.28. The minimum Gasteiger partial charge on any atom is -0.474 e. The van der Waals surface area contributed by atoms with Gasteiger partial charge in [0.05, 0.1) is 10.6 Å². The van der Waals surface area contributed by atoms with E-state index in [9.17, 15) is 23.7 Å². The summed E-state index contributed by atoms with van der Waals surface area (Å²) in [5, 5.41) is 13.2. The number of nitro groups is 1. The maximum Gasteiger partial charge on any atom is 0.311 e. The number of para-hydroxylation sites is 1. The molecule has 8 heteroatoms. The van der Waals surface area contributed by atoms with E-state index in [0.29, 0.717) is 0 Å². The van der Waals surface area contributed by atoms with Crippen molar-refractivity contribution >= 4 is 17.3 Å². The zero-order chi connectivity index (χ0) is 17.0. The number of ether oxygens (including phenoxy) is 1. The van der Waals surface area contributed by atoms with Crippen LogP contribution in [0.15, 0.2) is 42.5 Å². The normalized spacial score (nSPS) is 11.6. The molecule has 0 saturated carbocycles. The van der Waals surface area contributed by atoms with Crippen LogP contribution in [0.1, 0.15) is 6.92 Å². The molecule has 0 spiro atoms. The average Bonchev–Trinajstić information content (AvgIpc) is 2.49. The van der Waals surface area contributed by atoms with Crippen molar-refractivity contribution in [2.45, 2.75) is 13.0 Å². The third-order valence-corrected chi connectivity index (χ3v) is 2.92. The summed E-state index contributed by atoms with van der Waals surface area (Å²) in [6, 6.07) is 8.16. The Morgan fingerprint density at radius 2 is 1.96 bits per heavy atom. The van der Waals surface area contributed by atoms with Gasteiger partial charge in [-0.25, -0.2) is 8.78 Å². The van der Waals surface area contributed by atoms with E-state index in [2.05, 4.69) is 5.32 Å². The molecule has 23 heavy (non-hydrogen) atoms. The van der Waals surface area contributed by atoms with Crippen LogP contribution in [0.3, 0.4) is 0 Å². The number of hydrogen-bond donors (Lipinski definition) is 1. The lowest BCUT2D eigenvalue weighted by Crippen LogP contribution is -2.30. The third kappa shape index (κ3) is 4.00. The molecule has 2 rings (SSSR count). The molecule has 120 valence electrons. The standard InChI is InChI=1S/C15H12F2N2O4/c1-9(15(20)18-12-5-3-2-4-11(12)17)23-14-8-10(16)6-7-13(14)19(21)22/h2-9H,1H3,(H,18,20)/t9-/m0/s1. The molecule has 0 saturated heterocycles. The van der Waals surface area contributed by atoms with Crippen LogP contribution in [0.2, 0.25) is 0 Å². The molecule has 0 unspecified atom stereocenters. The maximum atomic E-state index is 13.5. The molecule has 0 aliphatic carbocycles. The number of carbonyl (C=O) groups excluding carboxylic acids is 1. The number of carbonyl (C=O) groups is 1.